The van der Waals surface area contributed by atoms with E-state index in [9.17, 15) is 0 Å². The molecule has 0 aromatic heterocycles. The molecule has 2 aromatic carbocycles. The highest BCUT2D eigenvalue weighted by molar-refractivity contribution is 5.49. The minimum atomic E-state index is 0.727. The lowest BCUT2D eigenvalue weighted by atomic mass is 10.2. The number of rotatable bonds is 11. The predicted molar refractivity (Wildman–Crippen MR) is 101 cm³/mol. The number of ether oxygens (including phenoxy) is 2. The second-order valence-electron chi connectivity index (χ2n) is 5.96. The molecule has 2 rings (SSSR count). The van der Waals surface area contributed by atoms with Gasteiger partial charge in [-0.3, -0.25) is 0 Å². The zero-order chi connectivity index (χ0) is 17.0. The van der Waals surface area contributed by atoms with E-state index in [1.54, 1.807) is 7.11 Å². The molecule has 0 spiro atoms. The molecule has 0 atom stereocenters. The lowest BCUT2D eigenvalue weighted by molar-refractivity contribution is 0.304. The van der Waals surface area contributed by atoms with Crippen molar-refractivity contribution in [1.29, 1.82) is 0 Å². The van der Waals surface area contributed by atoms with Crippen LogP contribution in [0.5, 0.6) is 11.5 Å². The number of hydrogen-bond acceptors (Lipinski definition) is 3. The van der Waals surface area contributed by atoms with Crippen molar-refractivity contribution in [3.8, 4) is 11.5 Å². The van der Waals surface area contributed by atoms with E-state index in [0.717, 1.165) is 42.3 Å². The fourth-order valence-electron chi connectivity index (χ4n) is 2.64. The van der Waals surface area contributed by atoms with Crippen molar-refractivity contribution in [1.82, 2.24) is 0 Å². The normalized spacial score (nSPS) is 10.4. The number of anilines is 1. The summed E-state index contributed by atoms with van der Waals surface area (Å²) in [6, 6.07) is 16.2. The molecule has 0 fully saturated rings. The maximum atomic E-state index is 5.86. The third kappa shape index (κ3) is 6.15. The Morgan fingerprint density at radius 2 is 1.75 bits per heavy atom. The Hall–Kier alpha value is -2.16. The fraction of sp³-hybridized carbons (Fsp3) is 0.429. The average Bonchev–Trinajstić information content (AvgIpc) is 2.63. The molecule has 3 nitrogen and oxygen atoms in total. The lowest BCUT2D eigenvalue weighted by Gasteiger charge is -2.12. The van der Waals surface area contributed by atoms with E-state index in [0.29, 0.717) is 0 Å². The molecule has 2 aromatic rings. The van der Waals surface area contributed by atoms with E-state index in [-0.39, 0.29) is 0 Å². The molecule has 130 valence electrons. The lowest BCUT2D eigenvalue weighted by Crippen LogP contribution is -2.02. The summed E-state index contributed by atoms with van der Waals surface area (Å²) in [7, 11) is 1.70. The molecule has 0 aliphatic rings. The Morgan fingerprint density at radius 1 is 0.917 bits per heavy atom. The Morgan fingerprint density at radius 3 is 2.58 bits per heavy atom. The zero-order valence-corrected chi connectivity index (χ0v) is 14.9. The van der Waals surface area contributed by atoms with Crippen LogP contribution in [0, 0.1) is 0 Å². The summed E-state index contributed by atoms with van der Waals surface area (Å²) in [4.78, 5) is 0. The topological polar surface area (TPSA) is 30.5 Å². The van der Waals surface area contributed by atoms with Crippen LogP contribution in [-0.2, 0) is 6.54 Å². The summed E-state index contributed by atoms with van der Waals surface area (Å²) in [6.45, 7) is 3.75. The highest BCUT2D eigenvalue weighted by Gasteiger charge is 2.02. The molecule has 0 saturated heterocycles. The molecule has 0 amide bonds. The van der Waals surface area contributed by atoms with Gasteiger partial charge in [0.05, 0.1) is 13.7 Å². The predicted octanol–water partition coefficient (Wildman–Crippen LogP) is 5.66. The first-order valence-electron chi connectivity index (χ1n) is 8.92. The fourth-order valence-corrected chi connectivity index (χ4v) is 2.64. The Labute approximate surface area is 146 Å². The third-order valence-corrected chi connectivity index (χ3v) is 4.03. The van der Waals surface area contributed by atoms with Crippen molar-refractivity contribution in [3.05, 3.63) is 54.1 Å². The van der Waals surface area contributed by atoms with Gasteiger partial charge in [-0.05, 0) is 24.6 Å². The summed E-state index contributed by atoms with van der Waals surface area (Å²) in [5, 5.41) is 3.43. The quantitative estimate of drug-likeness (QED) is 0.540. The minimum absolute atomic E-state index is 0.727. The monoisotopic (exact) mass is 327 g/mol. The molecule has 0 heterocycles. The maximum Gasteiger partial charge on any atom is 0.123 e. The highest BCUT2D eigenvalue weighted by atomic mass is 16.5. The van der Waals surface area contributed by atoms with E-state index in [4.69, 9.17) is 9.47 Å². The van der Waals surface area contributed by atoms with Crippen LogP contribution in [0.15, 0.2) is 48.5 Å². The van der Waals surface area contributed by atoms with Crippen LogP contribution in [0.1, 0.15) is 44.6 Å². The van der Waals surface area contributed by atoms with E-state index in [2.05, 4.69) is 30.4 Å². The van der Waals surface area contributed by atoms with Gasteiger partial charge in [0, 0.05) is 23.9 Å². The van der Waals surface area contributed by atoms with Crippen LogP contribution in [-0.4, -0.2) is 13.7 Å². The standard InChI is InChI=1S/C21H29NO2/c1-3-4-5-6-9-15-24-20-13-10-12-19(16-20)22-17-18-11-7-8-14-21(18)23-2/h7-8,10-14,16,22H,3-6,9,15,17H2,1-2H3. The summed E-state index contributed by atoms with van der Waals surface area (Å²) in [6.07, 6.45) is 6.28. The summed E-state index contributed by atoms with van der Waals surface area (Å²) >= 11 is 0. The largest absolute Gasteiger partial charge is 0.496 e. The first-order valence-corrected chi connectivity index (χ1v) is 8.92. The van der Waals surface area contributed by atoms with Crippen molar-refractivity contribution in [2.24, 2.45) is 0 Å². The van der Waals surface area contributed by atoms with Gasteiger partial charge in [-0.15, -0.1) is 0 Å². The van der Waals surface area contributed by atoms with Gasteiger partial charge in [0.2, 0.25) is 0 Å². The number of nitrogens with one attached hydrogen (secondary N) is 1. The van der Waals surface area contributed by atoms with E-state index >= 15 is 0 Å². The molecular formula is C21H29NO2. The van der Waals surface area contributed by atoms with Crippen LogP contribution in [0.3, 0.4) is 0 Å². The highest BCUT2D eigenvalue weighted by Crippen LogP contribution is 2.21. The average molecular weight is 327 g/mol. The van der Waals surface area contributed by atoms with Crippen LogP contribution in [0.2, 0.25) is 0 Å². The van der Waals surface area contributed by atoms with Crippen molar-refractivity contribution in [2.75, 3.05) is 19.0 Å². The van der Waals surface area contributed by atoms with Crippen molar-refractivity contribution in [2.45, 2.75) is 45.6 Å². The number of methoxy groups -OCH3 is 1. The molecule has 1 N–H and O–H groups in total. The van der Waals surface area contributed by atoms with E-state index in [1.807, 2.05) is 30.3 Å². The summed E-state index contributed by atoms with van der Waals surface area (Å²) in [5.74, 6) is 1.83. The maximum absolute atomic E-state index is 5.86. The van der Waals surface area contributed by atoms with Gasteiger partial charge >= 0.3 is 0 Å². The molecule has 0 saturated carbocycles. The Balaban J connectivity index is 1.80. The smallest absolute Gasteiger partial charge is 0.123 e. The van der Waals surface area contributed by atoms with Gasteiger partial charge in [-0.2, -0.15) is 0 Å². The van der Waals surface area contributed by atoms with Gasteiger partial charge in [-0.1, -0.05) is 56.9 Å². The minimum Gasteiger partial charge on any atom is -0.496 e. The second-order valence-corrected chi connectivity index (χ2v) is 5.96. The van der Waals surface area contributed by atoms with Gasteiger partial charge < -0.3 is 14.8 Å². The van der Waals surface area contributed by atoms with Crippen molar-refractivity contribution in [3.63, 3.8) is 0 Å². The molecule has 0 unspecified atom stereocenters. The van der Waals surface area contributed by atoms with Gasteiger partial charge in [0.1, 0.15) is 11.5 Å². The first-order chi connectivity index (χ1) is 11.8. The SMILES string of the molecule is CCCCCCCOc1cccc(NCc2ccccc2OC)c1. The van der Waals surface area contributed by atoms with Crippen molar-refractivity contribution < 1.29 is 9.47 Å². The first kappa shape index (κ1) is 18.2. The van der Waals surface area contributed by atoms with Gasteiger partial charge in [-0.25, -0.2) is 0 Å². The van der Waals surface area contributed by atoms with Crippen LogP contribution in [0.25, 0.3) is 0 Å². The number of hydrogen-bond donors (Lipinski definition) is 1. The molecule has 3 heteroatoms. The number of para-hydroxylation sites is 1. The van der Waals surface area contributed by atoms with E-state index < -0.39 is 0 Å². The molecule has 0 aliphatic carbocycles. The number of benzene rings is 2. The van der Waals surface area contributed by atoms with Crippen molar-refractivity contribution >= 4 is 5.69 Å². The Kier molecular flexibility index (Phi) is 8.02. The van der Waals surface area contributed by atoms with E-state index in [1.165, 1.54) is 25.7 Å². The molecule has 0 bridgehead atoms. The van der Waals surface area contributed by atoms with Crippen LogP contribution in [0.4, 0.5) is 5.69 Å². The summed E-state index contributed by atoms with van der Waals surface area (Å²) < 4.78 is 11.2. The van der Waals surface area contributed by atoms with Crippen LogP contribution < -0.4 is 14.8 Å². The molecule has 0 aliphatic heterocycles. The summed E-state index contributed by atoms with van der Waals surface area (Å²) in [5.41, 5.74) is 2.20. The third-order valence-electron chi connectivity index (χ3n) is 4.03. The second kappa shape index (κ2) is 10.6. The molecule has 0 radical (unpaired) electrons. The molecule has 24 heavy (non-hydrogen) atoms. The van der Waals surface area contributed by atoms with Crippen LogP contribution >= 0.6 is 0 Å². The zero-order valence-electron chi connectivity index (χ0n) is 14.9. The molecular weight excluding hydrogens is 298 g/mol. The Bertz CT molecular complexity index is 598. The number of unbranched alkanes of at least 4 members (excludes halogenated alkanes) is 4. The van der Waals surface area contributed by atoms with Gasteiger partial charge in [0.15, 0.2) is 0 Å². The van der Waals surface area contributed by atoms with Gasteiger partial charge in [0.25, 0.3) is 0 Å².